The van der Waals surface area contributed by atoms with E-state index in [1.54, 1.807) is 54.7 Å². The molecule has 0 spiro atoms. The number of aromatic nitrogens is 1. The lowest BCUT2D eigenvalue weighted by molar-refractivity contribution is 0.0742. The van der Waals surface area contributed by atoms with Crippen molar-refractivity contribution in [1.29, 1.82) is 0 Å². The Balaban J connectivity index is 1.50. The van der Waals surface area contributed by atoms with Gasteiger partial charge >= 0.3 is 0 Å². The molecule has 1 atom stereocenters. The lowest BCUT2D eigenvalue weighted by Crippen LogP contribution is -2.29. The zero-order chi connectivity index (χ0) is 22.5. The summed E-state index contributed by atoms with van der Waals surface area (Å²) in [4.78, 5) is 31.9. The molecule has 6 heteroatoms. The Morgan fingerprint density at radius 3 is 2.47 bits per heavy atom. The molecule has 0 aliphatic rings. The zero-order valence-corrected chi connectivity index (χ0v) is 18.7. The van der Waals surface area contributed by atoms with Gasteiger partial charge in [-0.3, -0.25) is 14.6 Å². The molecule has 0 bridgehead atoms. The first-order valence-corrected chi connectivity index (χ1v) is 11.1. The second-order valence-electron chi connectivity index (χ2n) is 7.47. The molecule has 2 aromatic heterocycles. The number of carbonyl (C=O) groups is 2. The van der Waals surface area contributed by atoms with Crippen molar-refractivity contribution >= 4 is 28.8 Å². The Hall–Kier alpha value is -3.77. The van der Waals surface area contributed by atoms with E-state index in [1.165, 1.54) is 11.3 Å². The van der Waals surface area contributed by atoms with Crippen molar-refractivity contribution in [2.24, 2.45) is 0 Å². The first-order valence-electron chi connectivity index (χ1n) is 10.3. The van der Waals surface area contributed by atoms with E-state index in [2.05, 4.69) is 16.4 Å². The molecule has 2 heterocycles. The summed E-state index contributed by atoms with van der Waals surface area (Å²) in [5, 5.41) is 4.72. The third-order valence-electron chi connectivity index (χ3n) is 5.40. The molecule has 2 aromatic carbocycles. The van der Waals surface area contributed by atoms with Crippen LogP contribution in [0.15, 0.2) is 90.6 Å². The van der Waals surface area contributed by atoms with Crippen LogP contribution in [-0.2, 0) is 0 Å². The zero-order valence-electron chi connectivity index (χ0n) is 17.9. The Morgan fingerprint density at radius 2 is 1.72 bits per heavy atom. The minimum Gasteiger partial charge on any atom is -0.335 e. The Morgan fingerprint density at radius 1 is 0.938 bits per heavy atom. The summed E-state index contributed by atoms with van der Waals surface area (Å²) in [5.41, 5.74) is 4.31. The van der Waals surface area contributed by atoms with Gasteiger partial charge in [0.05, 0.1) is 10.9 Å². The SMILES string of the molecule is C[C@H](c1cccc(-c2ccncc2)c1)N(C)C(=O)c1cccc(NC(=O)c2cccs2)c1. The maximum Gasteiger partial charge on any atom is 0.265 e. The molecule has 0 aliphatic carbocycles. The second kappa shape index (κ2) is 9.58. The number of nitrogens with zero attached hydrogens (tertiary/aromatic N) is 2. The molecule has 32 heavy (non-hydrogen) atoms. The number of nitrogens with one attached hydrogen (secondary N) is 1. The smallest absolute Gasteiger partial charge is 0.265 e. The van der Waals surface area contributed by atoms with E-state index in [-0.39, 0.29) is 17.9 Å². The predicted octanol–water partition coefficient (Wildman–Crippen LogP) is 5.90. The maximum absolute atomic E-state index is 13.2. The van der Waals surface area contributed by atoms with Crippen LogP contribution in [0, 0.1) is 0 Å². The molecule has 0 radical (unpaired) electrons. The minimum absolute atomic E-state index is 0.112. The molecule has 0 saturated carbocycles. The number of amides is 2. The number of anilines is 1. The Labute approximate surface area is 191 Å². The third-order valence-corrected chi connectivity index (χ3v) is 6.26. The number of thiophene rings is 1. The van der Waals surface area contributed by atoms with Crippen LogP contribution < -0.4 is 5.32 Å². The summed E-state index contributed by atoms with van der Waals surface area (Å²) in [5.74, 6) is -0.293. The van der Waals surface area contributed by atoms with Crippen molar-refractivity contribution in [2.45, 2.75) is 13.0 Å². The highest BCUT2D eigenvalue weighted by Gasteiger charge is 2.20. The highest BCUT2D eigenvalue weighted by Crippen LogP contribution is 2.26. The van der Waals surface area contributed by atoms with Gasteiger partial charge < -0.3 is 10.2 Å². The van der Waals surface area contributed by atoms with E-state index in [9.17, 15) is 9.59 Å². The fraction of sp³-hybridized carbons (Fsp3) is 0.115. The molecule has 2 amide bonds. The van der Waals surface area contributed by atoms with Crippen LogP contribution in [0.1, 0.15) is 38.6 Å². The van der Waals surface area contributed by atoms with Gasteiger partial charge in [-0.15, -0.1) is 11.3 Å². The third kappa shape index (κ3) is 4.76. The monoisotopic (exact) mass is 441 g/mol. The first-order chi connectivity index (χ1) is 15.5. The van der Waals surface area contributed by atoms with Gasteiger partial charge in [-0.05, 0) is 71.5 Å². The predicted molar refractivity (Wildman–Crippen MR) is 129 cm³/mol. The first kappa shape index (κ1) is 21.5. The molecular formula is C26H23N3O2S. The van der Waals surface area contributed by atoms with Crippen LogP contribution in [0.25, 0.3) is 11.1 Å². The number of hydrogen-bond donors (Lipinski definition) is 1. The molecule has 0 aliphatic heterocycles. The maximum atomic E-state index is 13.2. The number of hydrogen-bond acceptors (Lipinski definition) is 4. The van der Waals surface area contributed by atoms with Gasteiger partial charge in [-0.2, -0.15) is 0 Å². The molecule has 4 aromatic rings. The van der Waals surface area contributed by atoms with Crippen LogP contribution in [0.3, 0.4) is 0 Å². The van der Waals surface area contributed by atoms with Crippen molar-refractivity contribution in [3.63, 3.8) is 0 Å². The molecule has 5 nitrogen and oxygen atoms in total. The average molecular weight is 442 g/mol. The molecule has 0 saturated heterocycles. The van der Waals surface area contributed by atoms with Crippen LogP contribution in [0.5, 0.6) is 0 Å². The number of rotatable bonds is 6. The second-order valence-corrected chi connectivity index (χ2v) is 8.41. The highest BCUT2D eigenvalue weighted by atomic mass is 32.1. The molecule has 160 valence electrons. The van der Waals surface area contributed by atoms with Crippen LogP contribution in [-0.4, -0.2) is 28.7 Å². The van der Waals surface area contributed by atoms with Gasteiger partial charge in [0.1, 0.15) is 0 Å². The number of carbonyl (C=O) groups excluding carboxylic acids is 2. The van der Waals surface area contributed by atoms with Crippen molar-refractivity contribution in [3.05, 3.63) is 107 Å². The van der Waals surface area contributed by atoms with E-state index in [4.69, 9.17) is 0 Å². The van der Waals surface area contributed by atoms with Crippen molar-refractivity contribution in [3.8, 4) is 11.1 Å². The molecular weight excluding hydrogens is 418 g/mol. The molecule has 4 rings (SSSR count). The Kier molecular flexibility index (Phi) is 6.42. The largest absolute Gasteiger partial charge is 0.335 e. The van der Waals surface area contributed by atoms with Crippen LogP contribution in [0.4, 0.5) is 5.69 Å². The molecule has 1 N–H and O–H groups in total. The normalized spacial score (nSPS) is 11.6. The van der Waals surface area contributed by atoms with Gasteiger partial charge in [0.25, 0.3) is 11.8 Å². The summed E-state index contributed by atoms with van der Waals surface area (Å²) >= 11 is 1.38. The van der Waals surface area contributed by atoms with Crippen molar-refractivity contribution in [2.75, 3.05) is 12.4 Å². The summed E-state index contributed by atoms with van der Waals surface area (Å²) in [7, 11) is 1.79. The van der Waals surface area contributed by atoms with Crippen LogP contribution in [0.2, 0.25) is 0 Å². The summed E-state index contributed by atoms with van der Waals surface area (Å²) in [6, 6.07) is 22.6. The van der Waals surface area contributed by atoms with E-state index < -0.39 is 0 Å². The topological polar surface area (TPSA) is 62.3 Å². The summed E-state index contributed by atoms with van der Waals surface area (Å²) in [6.45, 7) is 2.01. The lowest BCUT2D eigenvalue weighted by Gasteiger charge is -2.26. The highest BCUT2D eigenvalue weighted by molar-refractivity contribution is 7.12. The van der Waals surface area contributed by atoms with E-state index in [1.807, 2.05) is 48.7 Å². The number of benzene rings is 2. The fourth-order valence-electron chi connectivity index (χ4n) is 3.46. The number of pyridine rings is 1. The molecule has 0 unspecified atom stereocenters. The van der Waals surface area contributed by atoms with Gasteiger partial charge in [0.2, 0.25) is 0 Å². The average Bonchev–Trinajstić information content (AvgIpc) is 3.39. The fourth-order valence-corrected chi connectivity index (χ4v) is 4.07. The van der Waals surface area contributed by atoms with Crippen molar-refractivity contribution in [1.82, 2.24) is 9.88 Å². The van der Waals surface area contributed by atoms with Crippen molar-refractivity contribution < 1.29 is 9.59 Å². The van der Waals surface area contributed by atoms with Gasteiger partial charge in [0.15, 0.2) is 0 Å². The lowest BCUT2D eigenvalue weighted by atomic mass is 10.00. The van der Waals surface area contributed by atoms with Gasteiger partial charge in [0, 0.05) is 30.7 Å². The summed E-state index contributed by atoms with van der Waals surface area (Å²) in [6.07, 6.45) is 3.54. The molecule has 0 fully saturated rings. The van der Waals surface area contributed by atoms with E-state index in [0.717, 1.165) is 16.7 Å². The summed E-state index contributed by atoms with van der Waals surface area (Å²) < 4.78 is 0. The van der Waals surface area contributed by atoms with Gasteiger partial charge in [-0.25, -0.2) is 0 Å². The van der Waals surface area contributed by atoms with Gasteiger partial charge in [-0.1, -0.05) is 30.3 Å². The van der Waals surface area contributed by atoms with E-state index >= 15 is 0 Å². The Bertz CT molecular complexity index is 1220. The standard InChI is InChI=1S/C26H23N3O2S/c1-18(20-6-3-7-21(16-20)19-11-13-27-14-12-19)29(2)26(31)22-8-4-9-23(17-22)28-25(30)24-10-5-15-32-24/h3-18H,1-2H3,(H,28,30)/t18-/m1/s1. The minimum atomic E-state index is -0.181. The van der Waals surface area contributed by atoms with E-state index in [0.29, 0.717) is 16.1 Å². The van der Waals surface area contributed by atoms with Crippen LogP contribution >= 0.6 is 11.3 Å². The quantitative estimate of drug-likeness (QED) is 0.405.